The molecule has 0 radical (unpaired) electrons. The van der Waals surface area contributed by atoms with E-state index in [-0.39, 0.29) is 24.7 Å². The topological polar surface area (TPSA) is 65.0 Å². The molecule has 1 aliphatic rings. The highest BCUT2D eigenvalue weighted by Crippen LogP contribution is 2.30. The van der Waals surface area contributed by atoms with Gasteiger partial charge in [-0.15, -0.1) is 0 Å². The number of hydrogen-bond donors (Lipinski definition) is 1. The predicted octanol–water partition coefficient (Wildman–Crippen LogP) is 4.32. The maximum absolute atomic E-state index is 12.9. The quantitative estimate of drug-likeness (QED) is 0.502. The molecule has 4 rings (SSSR count). The lowest BCUT2D eigenvalue weighted by atomic mass is 9.81. The molecule has 0 aromatic heterocycles. The molecule has 1 saturated carbocycles. The van der Waals surface area contributed by atoms with E-state index in [2.05, 4.69) is 0 Å². The van der Waals surface area contributed by atoms with Crippen LogP contribution in [0.5, 0.6) is 0 Å². The van der Waals surface area contributed by atoms with Crippen molar-refractivity contribution in [2.24, 2.45) is 5.92 Å². The zero-order chi connectivity index (χ0) is 22.9. The lowest BCUT2D eigenvalue weighted by Crippen LogP contribution is -2.54. The molecule has 0 aliphatic heterocycles. The van der Waals surface area contributed by atoms with Crippen molar-refractivity contribution in [2.75, 3.05) is 6.61 Å². The van der Waals surface area contributed by atoms with Crippen LogP contribution in [-0.2, 0) is 38.8 Å². The molecule has 4 atom stereocenters. The summed E-state index contributed by atoms with van der Waals surface area (Å²) in [4.78, 5) is 12.9. The first kappa shape index (κ1) is 23.3. The van der Waals surface area contributed by atoms with E-state index in [9.17, 15) is 9.90 Å². The first-order valence-corrected chi connectivity index (χ1v) is 11.3. The van der Waals surface area contributed by atoms with E-state index in [0.717, 1.165) is 16.7 Å². The summed E-state index contributed by atoms with van der Waals surface area (Å²) in [6.07, 6.45) is -2.18. The Morgan fingerprint density at radius 1 is 0.697 bits per heavy atom. The molecule has 0 spiro atoms. The van der Waals surface area contributed by atoms with Crippen LogP contribution in [0.2, 0.25) is 0 Å². The van der Waals surface area contributed by atoms with Gasteiger partial charge in [0.15, 0.2) is 5.78 Å². The number of ether oxygens (including phenoxy) is 3. The first-order valence-electron chi connectivity index (χ1n) is 11.3. The number of hydrogen-bond acceptors (Lipinski definition) is 5. The molecule has 172 valence electrons. The monoisotopic (exact) mass is 446 g/mol. The first-order chi connectivity index (χ1) is 16.2. The van der Waals surface area contributed by atoms with Crippen molar-refractivity contribution < 1.29 is 24.1 Å². The Morgan fingerprint density at radius 2 is 1.18 bits per heavy atom. The summed E-state index contributed by atoms with van der Waals surface area (Å²) >= 11 is 0. The van der Waals surface area contributed by atoms with Crippen LogP contribution >= 0.6 is 0 Å². The fraction of sp³-hybridized carbons (Fsp3) is 0.321. The summed E-state index contributed by atoms with van der Waals surface area (Å²) in [6.45, 7) is 1.33. The molecule has 0 heterocycles. The number of ketones is 1. The van der Waals surface area contributed by atoms with Gasteiger partial charge in [-0.1, -0.05) is 91.0 Å². The lowest BCUT2D eigenvalue weighted by Gasteiger charge is -2.39. The highest BCUT2D eigenvalue weighted by Gasteiger charge is 2.45. The highest BCUT2D eigenvalue weighted by atomic mass is 16.5. The molecular formula is C28H30O5. The third-order valence-corrected chi connectivity index (χ3v) is 5.92. The van der Waals surface area contributed by atoms with Crippen LogP contribution in [0.3, 0.4) is 0 Å². The summed E-state index contributed by atoms with van der Waals surface area (Å²) in [7, 11) is 0. The molecule has 1 aliphatic carbocycles. The van der Waals surface area contributed by atoms with E-state index in [1.54, 1.807) is 0 Å². The van der Waals surface area contributed by atoms with Crippen LogP contribution < -0.4 is 0 Å². The molecular weight excluding hydrogens is 416 g/mol. The number of rotatable bonds is 10. The molecule has 3 aromatic rings. The van der Waals surface area contributed by atoms with E-state index < -0.39 is 18.3 Å². The lowest BCUT2D eigenvalue weighted by molar-refractivity contribution is -0.179. The van der Waals surface area contributed by atoms with Gasteiger partial charge in [0.2, 0.25) is 0 Å². The molecule has 0 amide bonds. The van der Waals surface area contributed by atoms with Crippen LogP contribution in [0.25, 0.3) is 0 Å². The molecule has 1 unspecified atom stereocenters. The molecule has 0 saturated heterocycles. The zero-order valence-corrected chi connectivity index (χ0v) is 18.6. The van der Waals surface area contributed by atoms with Gasteiger partial charge in [-0.2, -0.15) is 0 Å². The Balaban J connectivity index is 1.47. The van der Waals surface area contributed by atoms with Gasteiger partial charge in [-0.25, -0.2) is 0 Å². The average molecular weight is 447 g/mol. The van der Waals surface area contributed by atoms with Gasteiger partial charge in [0.05, 0.1) is 38.6 Å². The van der Waals surface area contributed by atoms with E-state index in [4.69, 9.17) is 14.2 Å². The molecule has 1 N–H and O–H groups in total. The minimum Gasteiger partial charge on any atom is -0.392 e. The maximum atomic E-state index is 12.9. The van der Waals surface area contributed by atoms with Crippen molar-refractivity contribution in [2.45, 2.75) is 44.6 Å². The van der Waals surface area contributed by atoms with Crippen LogP contribution in [0.15, 0.2) is 91.0 Å². The second kappa shape index (κ2) is 11.9. The SMILES string of the molecule is O=C1CC(O)[C@H](COCc2ccccc2)[C@@H](OCc2ccccc2)[C@@H]1OCc1ccccc1. The third-order valence-electron chi connectivity index (χ3n) is 5.92. The predicted molar refractivity (Wildman–Crippen MR) is 125 cm³/mol. The van der Waals surface area contributed by atoms with Crippen molar-refractivity contribution in [3.63, 3.8) is 0 Å². The van der Waals surface area contributed by atoms with Crippen LogP contribution in [0, 0.1) is 5.92 Å². The second-order valence-corrected chi connectivity index (χ2v) is 8.38. The minimum absolute atomic E-state index is 0.0318. The highest BCUT2D eigenvalue weighted by molar-refractivity contribution is 5.85. The van der Waals surface area contributed by atoms with Crippen molar-refractivity contribution in [3.8, 4) is 0 Å². The summed E-state index contributed by atoms with van der Waals surface area (Å²) < 4.78 is 18.3. The van der Waals surface area contributed by atoms with Crippen molar-refractivity contribution in [1.82, 2.24) is 0 Å². The average Bonchev–Trinajstić information content (AvgIpc) is 2.85. The molecule has 1 fully saturated rings. The molecule has 0 bridgehead atoms. The summed E-state index contributed by atoms with van der Waals surface area (Å²) in [6, 6.07) is 29.4. The van der Waals surface area contributed by atoms with Crippen LogP contribution in [0.1, 0.15) is 23.1 Å². The number of aliphatic hydroxyl groups is 1. The van der Waals surface area contributed by atoms with Crippen LogP contribution in [-0.4, -0.2) is 35.8 Å². The fourth-order valence-electron chi connectivity index (χ4n) is 4.12. The van der Waals surface area contributed by atoms with Gasteiger partial charge in [-0.05, 0) is 16.7 Å². The second-order valence-electron chi connectivity index (χ2n) is 8.38. The largest absolute Gasteiger partial charge is 0.392 e. The Morgan fingerprint density at radius 3 is 1.73 bits per heavy atom. The summed E-state index contributed by atoms with van der Waals surface area (Å²) in [5, 5.41) is 10.8. The van der Waals surface area contributed by atoms with Gasteiger partial charge >= 0.3 is 0 Å². The molecule has 3 aromatic carbocycles. The third kappa shape index (κ3) is 6.59. The van der Waals surface area contributed by atoms with E-state index in [1.807, 2.05) is 91.0 Å². The Bertz CT molecular complexity index is 977. The van der Waals surface area contributed by atoms with E-state index >= 15 is 0 Å². The molecule has 33 heavy (non-hydrogen) atoms. The zero-order valence-electron chi connectivity index (χ0n) is 18.6. The minimum atomic E-state index is -0.842. The van der Waals surface area contributed by atoms with E-state index in [0.29, 0.717) is 19.8 Å². The van der Waals surface area contributed by atoms with Gasteiger partial charge in [0, 0.05) is 12.3 Å². The standard InChI is InChI=1S/C28H30O5/c29-25-16-26(30)28(33-19-23-14-8-3-9-15-23)27(32-18-22-12-6-2-7-13-22)24(25)20-31-17-21-10-4-1-5-11-21/h1-15,24-25,27-29H,16-20H2/t24-,25?,27+,28+/m0/s1. The number of benzene rings is 3. The number of carbonyl (C=O) groups is 1. The van der Waals surface area contributed by atoms with Crippen molar-refractivity contribution in [3.05, 3.63) is 108 Å². The maximum Gasteiger partial charge on any atom is 0.166 e. The number of carbonyl (C=O) groups excluding carboxylic acids is 1. The smallest absolute Gasteiger partial charge is 0.166 e. The van der Waals surface area contributed by atoms with Gasteiger partial charge in [0.25, 0.3) is 0 Å². The Hall–Kier alpha value is -2.83. The van der Waals surface area contributed by atoms with Gasteiger partial charge in [-0.3, -0.25) is 4.79 Å². The Labute approximate surface area is 194 Å². The van der Waals surface area contributed by atoms with Gasteiger partial charge in [0.1, 0.15) is 6.10 Å². The summed E-state index contributed by atoms with van der Waals surface area (Å²) in [5.41, 5.74) is 3.03. The molecule has 5 nitrogen and oxygen atoms in total. The molecule has 5 heteroatoms. The van der Waals surface area contributed by atoms with Crippen LogP contribution in [0.4, 0.5) is 0 Å². The van der Waals surface area contributed by atoms with E-state index in [1.165, 1.54) is 0 Å². The number of Topliss-reactive ketones (excluding diaryl/α,β-unsaturated/α-hetero) is 1. The number of aliphatic hydroxyl groups excluding tert-OH is 1. The Kier molecular flexibility index (Phi) is 8.39. The normalized spacial score (nSPS) is 22.9. The van der Waals surface area contributed by atoms with Crippen molar-refractivity contribution >= 4 is 5.78 Å². The summed E-state index contributed by atoms with van der Waals surface area (Å²) in [5.74, 6) is -0.522. The van der Waals surface area contributed by atoms with Crippen molar-refractivity contribution in [1.29, 1.82) is 0 Å². The fourth-order valence-corrected chi connectivity index (χ4v) is 4.12. The van der Waals surface area contributed by atoms with Gasteiger partial charge < -0.3 is 19.3 Å².